The summed E-state index contributed by atoms with van der Waals surface area (Å²) in [5.74, 6) is -0.893. The van der Waals surface area contributed by atoms with Gasteiger partial charge in [-0.25, -0.2) is 4.57 Å². The van der Waals surface area contributed by atoms with E-state index in [9.17, 15) is 24.2 Å². The lowest BCUT2D eigenvalue weighted by atomic mass is 10.0. The lowest BCUT2D eigenvalue weighted by Crippen LogP contribution is -2.37. The number of unbranched alkanes of at least 4 members (excludes halogenated alkanes) is 33. The Morgan fingerprint density at radius 3 is 1.28 bits per heavy atom. The summed E-state index contributed by atoms with van der Waals surface area (Å²) in [6.07, 6.45) is 55.8. The number of rotatable bonds is 53. The first kappa shape index (κ1) is 66.2. The van der Waals surface area contributed by atoms with Crippen LogP contribution in [0, 0.1) is 0 Å². The van der Waals surface area contributed by atoms with Crippen LogP contribution in [0.2, 0.25) is 0 Å². The average Bonchev–Trinajstić information content (AvgIpc) is 3.32. The molecule has 0 aliphatic heterocycles. The van der Waals surface area contributed by atoms with Gasteiger partial charge in [-0.1, -0.05) is 243 Å². The summed E-state index contributed by atoms with van der Waals surface area (Å²) in [5, 5.41) is 10.5. The van der Waals surface area contributed by atoms with Crippen molar-refractivity contribution in [2.75, 3.05) is 19.8 Å². The Bertz CT molecular complexity index is 1240. The van der Waals surface area contributed by atoms with Crippen molar-refractivity contribution in [2.24, 2.45) is 5.73 Å². The molecule has 0 fully saturated rings. The van der Waals surface area contributed by atoms with Crippen molar-refractivity contribution in [1.29, 1.82) is 0 Å². The Labute approximate surface area is 418 Å². The lowest BCUT2D eigenvalue weighted by molar-refractivity contribution is -0.161. The zero-order chi connectivity index (χ0) is 49.9. The van der Waals surface area contributed by atoms with E-state index in [-0.39, 0.29) is 19.4 Å². The van der Waals surface area contributed by atoms with Gasteiger partial charge in [-0.15, -0.1) is 0 Å². The van der Waals surface area contributed by atoms with Gasteiger partial charge in [0.15, 0.2) is 6.10 Å². The second-order valence-corrected chi connectivity index (χ2v) is 20.9. The van der Waals surface area contributed by atoms with Crippen LogP contribution in [0.1, 0.15) is 278 Å². The van der Waals surface area contributed by atoms with Crippen molar-refractivity contribution >= 4 is 19.8 Å². The first-order valence-corrected chi connectivity index (χ1v) is 30.0. The number of aliphatic hydroxyl groups excluding tert-OH is 1. The van der Waals surface area contributed by atoms with Crippen LogP contribution in [0.3, 0.4) is 0 Å². The number of aliphatic hydroxyl groups is 1. The molecule has 0 aliphatic carbocycles. The molecule has 0 saturated carbocycles. The summed E-state index contributed by atoms with van der Waals surface area (Å²) in [6.45, 7) is 5.49. The zero-order valence-electron chi connectivity index (χ0n) is 44.4. The molecule has 0 rings (SSSR count). The molecule has 0 radical (unpaired) electrons. The molecule has 0 aliphatic rings. The monoisotopic (exact) mass is 982 g/mol. The maximum atomic E-state index is 12.9. The Hall–Kier alpha value is -1.81. The minimum Gasteiger partial charge on any atom is -0.462 e. The third-order valence-corrected chi connectivity index (χ3v) is 13.6. The highest BCUT2D eigenvalue weighted by Crippen LogP contribution is 2.43. The van der Waals surface area contributed by atoms with Crippen molar-refractivity contribution in [3.05, 3.63) is 36.5 Å². The third kappa shape index (κ3) is 49.2. The standard InChI is InChI=1S/C57H108NO9P/c1-4-7-10-13-16-19-22-25-27-30-33-36-39-42-45-48-56(60)64-50-53(67-57(61)49-46-43-40-37-34-31-28-26-23-20-17-14-11-8-5-2)51-65-68(62,63)66-52-54(58)55(59)47-44-41-38-35-32-29-24-21-18-15-12-9-6-3/h17,20,26,28,44,47,53-55,59H,4-16,18-19,21-25,27,29-43,45-46,48-52,58H2,1-3H3,(H,62,63)/b20-17-,28-26-,47-44+/t53-,54+,55-/m1/s1. The molecule has 400 valence electrons. The van der Waals surface area contributed by atoms with E-state index in [4.69, 9.17) is 24.3 Å². The number of carbonyl (C=O) groups excluding carboxylic acids is 2. The molecule has 11 heteroatoms. The van der Waals surface area contributed by atoms with E-state index in [2.05, 4.69) is 45.1 Å². The van der Waals surface area contributed by atoms with E-state index < -0.39 is 51.2 Å². The number of phosphoric ester groups is 1. The number of ether oxygens (including phenoxy) is 2. The summed E-state index contributed by atoms with van der Waals surface area (Å²) in [6, 6.07) is -0.953. The summed E-state index contributed by atoms with van der Waals surface area (Å²) in [4.78, 5) is 36.0. The van der Waals surface area contributed by atoms with Crippen molar-refractivity contribution in [2.45, 2.75) is 296 Å². The molecule has 0 saturated heterocycles. The lowest BCUT2D eigenvalue weighted by Gasteiger charge is -2.21. The summed E-state index contributed by atoms with van der Waals surface area (Å²) < 4.78 is 34.3. The number of allylic oxidation sites excluding steroid dienone is 5. The van der Waals surface area contributed by atoms with Gasteiger partial charge >= 0.3 is 19.8 Å². The minimum absolute atomic E-state index is 0.181. The van der Waals surface area contributed by atoms with Gasteiger partial charge in [0.1, 0.15) is 6.61 Å². The van der Waals surface area contributed by atoms with Gasteiger partial charge in [0, 0.05) is 12.8 Å². The fourth-order valence-electron chi connectivity index (χ4n) is 8.14. The fraction of sp³-hybridized carbons (Fsp3) is 0.860. The zero-order valence-corrected chi connectivity index (χ0v) is 45.3. The van der Waals surface area contributed by atoms with Crippen LogP contribution in [-0.2, 0) is 32.7 Å². The first-order valence-electron chi connectivity index (χ1n) is 28.5. The first-order chi connectivity index (χ1) is 33.1. The Kier molecular flexibility index (Phi) is 50.2. The van der Waals surface area contributed by atoms with E-state index in [1.807, 2.05) is 6.08 Å². The van der Waals surface area contributed by atoms with Gasteiger partial charge in [0.25, 0.3) is 0 Å². The van der Waals surface area contributed by atoms with Gasteiger partial charge in [0.2, 0.25) is 0 Å². The van der Waals surface area contributed by atoms with Crippen LogP contribution in [0.15, 0.2) is 36.5 Å². The molecular weight excluding hydrogens is 874 g/mol. The van der Waals surface area contributed by atoms with E-state index in [0.717, 1.165) is 77.0 Å². The van der Waals surface area contributed by atoms with E-state index in [0.29, 0.717) is 12.8 Å². The molecule has 0 spiro atoms. The van der Waals surface area contributed by atoms with Gasteiger partial charge in [-0.05, 0) is 57.8 Å². The highest BCUT2D eigenvalue weighted by Gasteiger charge is 2.28. The van der Waals surface area contributed by atoms with Crippen molar-refractivity contribution in [1.82, 2.24) is 0 Å². The predicted octanol–water partition coefficient (Wildman–Crippen LogP) is 16.6. The van der Waals surface area contributed by atoms with Crippen molar-refractivity contribution in [3.8, 4) is 0 Å². The number of hydrogen-bond acceptors (Lipinski definition) is 9. The largest absolute Gasteiger partial charge is 0.472 e. The smallest absolute Gasteiger partial charge is 0.462 e. The molecule has 0 amide bonds. The molecular formula is C57H108NO9P. The summed E-state index contributed by atoms with van der Waals surface area (Å²) >= 11 is 0. The second kappa shape index (κ2) is 51.5. The molecule has 0 aromatic rings. The van der Waals surface area contributed by atoms with E-state index in [1.165, 1.54) is 154 Å². The molecule has 10 nitrogen and oxygen atoms in total. The number of phosphoric acid groups is 1. The van der Waals surface area contributed by atoms with Crippen LogP contribution >= 0.6 is 7.82 Å². The molecule has 0 bridgehead atoms. The topological polar surface area (TPSA) is 155 Å². The molecule has 0 aromatic carbocycles. The molecule has 4 atom stereocenters. The summed E-state index contributed by atoms with van der Waals surface area (Å²) in [7, 11) is -4.65. The van der Waals surface area contributed by atoms with Crippen LogP contribution < -0.4 is 5.73 Å². The van der Waals surface area contributed by atoms with Crippen molar-refractivity contribution in [3.63, 3.8) is 0 Å². The molecule has 0 heterocycles. The Balaban J connectivity index is 4.68. The van der Waals surface area contributed by atoms with Gasteiger partial charge < -0.3 is 25.2 Å². The third-order valence-electron chi connectivity index (χ3n) is 12.6. The summed E-state index contributed by atoms with van der Waals surface area (Å²) in [5.41, 5.74) is 6.07. The van der Waals surface area contributed by atoms with E-state index >= 15 is 0 Å². The minimum atomic E-state index is -4.65. The maximum absolute atomic E-state index is 12.9. The van der Waals surface area contributed by atoms with Crippen molar-refractivity contribution < 1.29 is 42.7 Å². The van der Waals surface area contributed by atoms with Gasteiger partial charge in [0.05, 0.1) is 25.4 Å². The van der Waals surface area contributed by atoms with Crippen LogP contribution in [0.4, 0.5) is 0 Å². The fourth-order valence-corrected chi connectivity index (χ4v) is 8.93. The maximum Gasteiger partial charge on any atom is 0.472 e. The number of esters is 2. The van der Waals surface area contributed by atoms with Gasteiger partial charge in [-0.3, -0.25) is 18.6 Å². The molecule has 0 aromatic heterocycles. The number of nitrogens with two attached hydrogens (primary N) is 1. The highest BCUT2D eigenvalue weighted by molar-refractivity contribution is 7.47. The quantitative estimate of drug-likeness (QED) is 0.0232. The highest BCUT2D eigenvalue weighted by atomic mass is 31.2. The van der Waals surface area contributed by atoms with E-state index in [1.54, 1.807) is 6.08 Å². The Morgan fingerprint density at radius 1 is 0.471 bits per heavy atom. The molecule has 1 unspecified atom stereocenters. The Morgan fingerprint density at radius 2 is 0.824 bits per heavy atom. The number of hydrogen-bond donors (Lipinski definition) is 3. The number of carbonyl (C=O) groups is 2. The van der Waals surface area contributed by atoms with Crippen LogP contribution in [0.25, 0.3) is 0 Å². The molecule has 4 N–H and O–H groups in total. The molecule has 68 heavy (non-hydrogen) atoms. The average molecular weight is 982 g/mol. The van der Waals surface area contributed by atoms with Crippen LogP contribution in [-0.4, -0.2) is 60.0 Å². The predicted molar refractivity (Wildman–Crippen MR) is 286 cm³/mol. The normalized spacial score (nSPS) is 14.3. The van der Waals surface area contributed by atoms with Gasteiger partial charge in [-0.2, -0.15) is 0 Å². The van der Waals surface area contributed by atoms with Crippen LogP contribution in [0.5, 0.6) is 0 Å². The second-order valence-electron chi connectivity index (χ2n) is 19.4. The SMILES string of the molecule is CCCCC/C=C\C/C=C\CCCCCCCC(=O)O[C@H](COC(=O)CCCCCCCCCCCCCCCCC)COP(=O)(O)OC[C@H](N)[C@H](O)/C=C/CCCCCCCCCCCCC.